The van der Waals surface area contributed by atoms with E-state index in [1.165, 1.54) is 13.8 Å². The minimum atomic E-state index is 0. The maximum absolute atomic E-state index is 9.44. The standard InChI is InChI=1S/C3H6O.2H2O/c1-3(2)4;;/h1-2H3;2*1H2. The Hall–Kier alpha value is -0.410. The molecule has 6 heavy (non-hydrogen) atoms. The first-order chi connectivity index (χ1) is 1.73. The number of rotatable bonds is 0. The summed E-state index contributed by atoms with van der Waals surface area (Å²) < 4.78 is 0. The topological polar surface area (TPSA) is 80.1 Å². The highest BCUT2D eigenvalue weighted by Gasteiger charge is 1.62. The Morgan fingerprint density at radius 1 is 1.17 bits per heavy atom. The first kappa shape index (κ1) is 17.6. The van der Waals surface area contributed by atoms with E-state index in [0.717, 1.165) is 0 Å². The third-order valence-electron chi connectivity index (χ3n) is 0. The molecule has 40 valence electrons. The lowest BCUT2D eigenvalue weighted by atomic mass is 10.6. The van der Waals surface area contributed by atoms with Gasteiger partial charge < -0.3 is 15.7 Å². The third-order valence-corrected chi connectivity index (χ3v) is 0. The summed E-state index contributed by atoms with van der Waals surface area (Å²) in [5.74, 6) is 0.167. The molecule has 3 nitrogen and oxygen atoms in total. The highest BCUT2D eigenvalue weighted by atomic mass is 16.1. The summed E-state index contributed by atoms with van der Waals surface area (Å²) >= 11 is 0. The lowest BCUT2D eigenvalue weighted by Crippen LogP contribution is -1.69. The molecule has 0 aliphatic heterocycles. The van der Waals surface area contributed by atoms with Crippen LogP contribution < -0.4 is 0 Å². The Balaban J connectivity index is -0.0000000450. The van der Waals surface area contributed by atoms with Crippen LogP contribution in [0.15, 0.2) is 0 Å². The largest absolute Gasteiger partial charge is 0.412 e. The lowest BCUT2D eigenvalue weighted by Gasteiger charge is -1.56. The molecule has 4 N–H and O–H groups in total. The van der Waals surface area contributed by atoms with Crippen LogP contribution in [0.3, 0.4) is 0 Å². The van der Waals surface area contributed by atoms with Crippen LogP contribution >= 0.6 is 0 Å². The molecule has 0 saturated carbocycles. The SMILES string of the molecule is CC(C)=O.O.O. The van der Waals surface area contributed by atoms with E-state index in [1.807, 2.05) is 0 Å². The van der Waals surface area contributed by atoms with E-state index >= 15 is 0 Å². The van der Waals surface area contributed by atoms with Crippen molar-refractivity contribution in [2.45, 2.75) is 13.8 Å². The highest BCUT2D eigenvalue weighted by molar-refractivity contribution is 5.72. The summed E-state index contributed by atoms with van der Waals surface area (Å²) in [5.41, 5.74) is 0. The molecule has 0 aromatic rings. The minimum absolute atomic E-state index is 0. The summed E-state index contributed by atoms with van der Waals surface area (Å²) in [6.07, 6.45) is 0. The molecule has 0 rings (SSSR count). The third kappa shape index (κ3) is 143. The Labute approximate surface area is 36.6 Å². The van der Waals surface area contributed by atoms with Gasteiger partial charge in [-0.1, -0.05) is 0 Å². The van der Waals surface area contributed by atoms with Crippen molar-refractivity contribution in [1.29, 1.82) is 0 Å². The van der Waals surface area contributed by atoms with Crippen molar-refractivity contribution in [2.24, 2.45) is 0 Å². The molecule has 0 bridgehead atoms. The summed E-state index contributed by atoms with van der Waals surface area (Å²) in [7, 11) is 0. The fourth-order valence-corrected chi connectivity index (χ4v) is 0. The molecule has 3 heteroatoms. The molecule has 0 amide bonds. The van der Waals surface area contributed by atoms with Gasteiger partial charge in [-0.25, -0.2) is 0 Å². The zero-order chi connectivity index (χ0) is 3.58. The predicted octanol–water partition coefficient (Wildman–Crippen LogP) is -1.05. The van der Waals surface area contributed by atoms with Crippen molar-refractivity contribution in [3.63, 3.8) is 0 Å². The van der Waals surface area contributed by atoms with E-state index in [0.29, 0.717) is 0 Å². The van der Waals surface area contributed by atoms with Gasteiger partial charge in [-0.05, 0) is 13.8 Å². The summed E-state index contributed by atoms with van der Waals surface area (Å²) in [4.78, 5) is 9.44. The van der Waals surface area contributed by atoms with Crippen LogP contribution in [-0.2, 0) is 4.79 Å². The second-order valence-corrected chi connectivity index (χ2v) is 0.908. The van der Waals surface area contributed by atoms with Crippen LogP contribution in [0.2, 0.25) is 0 Å². The predicted molar refractivity (Wildman–Crippen MR) is 23.6 cm³/mol. The van der Waals surface area contributed by atoms with Gasteiger partial charge in [0, 0.05) is 0 Å². The van der Waals surface area contributed by atoms with E-state index < -0.39 is 0 Å². The number of hydrogen-bond acceptors (Lipinski definition) is 1. The zero-order valence-corrected chi connectivity index (χ0v) is 3.91. The second-order valence-electron chi connectivity index (χ2n) is 0.908. The fourth-order valence-electron chi connectivity index (χ4n) is 0. The van der Waals surface area contributed by atoms with Gasteiger partial charge in [-0.2, -0.15) is 0 Å². The highest BCUT2D eigenvalue weighted by Crippen LogP contribution is 1.50. The second kappa shape index (κ2) is 8.82. The van der Waals surface area contributed by atoms with Gasteiger partial charge in [0.15, 0.2) is 0 Å². The molecular weight excluding hydrogens is 84.0 g/mol. The fraction of sp³-hybridized carbons (Fsp3) is 0.667. The van der Waals surface area contributed by atoms with E-state index in [-0.39, 0.29) is 16.7 Å². The molecule has 0 atom stereocenters. The maximum Gasteiger partial charge on any atom is 0.126 e. The first-order valence-electron chi connectivity index (χ1n) is 1.20. The van der Waals surface area contributed by atoms with Crippen molar-refractivity contribution >= 4 is 5.78 Å². The molecule has 0 fully saturated rings. The van der Waals surface area contributed by atoms with Crippen LogP contribution in [0.5, 0.6) is 0 Å². The monoisotopic (exact) mass is 94.1 g/mol. The van der Waals surface area contributed by atoms with Crippen molar-refractivity contribution in [3.05, 3.63) is 0 Å². The van der Waals surface area contributed by atoms with Gasteiger partial charge in [0.2, 0.25) is 0 Å². The summed E-state index contributed by atoms with van der Waals surface area (Å²) in [5, 5.41) is 0. The van der Waals surface area contributed by atoms with Gasteiger partial charge in [0.05, 0.1) is 0 Å². The normalized spacial score (nSPS) is 4.33. The van der Waals surface area contributed by atoms with Crippen molar-refractivity contribution in [2.75, 3.05) is 0 Å². The number of carbonyl (C=O) groups excluding carboxylic acids is 1. The Bertz CT molecular complexity index is 29.0. The van der Waals surface area contributed by atoms with E-state index in [1.54, 1.807) is 0 Å². The minimum Gasteiger partial charge on any atom is -0.412 e. The number of carbonyl (C=O) groups is 1. The van der Waals surface area contributed by atoms with Crippen LogP contribution in [0, 0.1) is 0 Å². The molecule has 0 aromatic carbocycles. The van der Waals surface area contributed by atoms with Gasteiger partial charge >= 0.3 is 0 Å². The molecule has 0 aromatic heterocycles. The first-order valence-corrected chi connectivity index (χ1v) is 1.20. The average molecular weight is 94.1 g/mol. The van der Waals surface area contributed by atoms with Crippen molar-refractivity contribution < 1.29 is 15.7 Å². The van der Waals surface area contributed by atoms with E-state index in [2.05, 4.69) is 0 Å². The van der Waals surface area contributed by atoms with Crippen LogP contribution in [0.25, 0.3) is 0 Å². The van der Waals surface area contributed by atoms with Crippen LogP contribution in [0.4, 0.5) is 0 Å². The Morgan fingerprint density at radius 2 is 1.17 bits per heavy atom. The van der Waals surface area contributed by atoms with Crippen molar-refractivity contribution in [3.8, 4) is 0 Å². The average Bonchev–Trinajstić information content (AvgIpc) is 0.811. The molecule has 0 aliphatic carbocycles. The van der Waals surface area contributed by atoms with Gasteiger partial charge in [0.1, 0.15) is 5.78 Å². The Kier molecular flexibility index (Phi) is 25.8. The molecule has 0 aliphatic rings. The van der Waals surface area contributed by atoms with Gasteiger partial charge in [-0.3, -0.25) is 0 Å². The van der Waals surface area contributed by atoms with Crippen LogP contribution in [0.1, 0.15) is 13.8 Å². The quantitative estimate of drug-likeness (QED) is 0.377. The number of hydrogen-bond donors (Lipinski definition) is 0. The molecule has 0 saturated heterocycles. The number of ketones is 1. The molecular formula is C3H10O3. The number of Topliss-reactive ketones (excluding diaryl/α,β-unsaturated/α-hetero) is 1. The summed E-state index contributed by atoms with van der Waals surface area (Å²) in [6, 6.07) is 0. The Morgan fingerprint density at radius 3 is 1.17 bits per heavy atom. The molecule has 0 radical (unpaired) electrons. The molecule has 0 unspecified atom stereocenters. The summed E-state index contributed by atoms with van der Waals surface area (Å²) in [6.45, 7) is 3.06. The lowest BCUT2D eigenvalue weighted by molar-refractivity contribution is -0.114. The van der Waals surface area contributed by atoms with Crippen LogP contribution in [-0.4, -0.2) is 16.7 Å². The zero-order valence-electron chi connectivity index (χ0n) is 3.91. The van der Waals surface area contributed by atoms with Gasteiger partial charge in [-0.15, -0.1) is 0 Å². The smallest absolute Gasteiger partial charge is 0.126 e. The van der Waals surface area contributed by atoms with Gasteiger partial charge in [0.25, 0.3) is 0 Å². The van der Waals surface area contributed by atoms with E-state index in [9.17, 15) is 4.79 Å². The van der Waals surface area contributed by atoms with Crippen molar-refractivity contribution in [1.82, 2.24) is 0 Å². The maximum atomic E-state index is 9.44. The molecule has 0 spiro atoms. The molecule has 0 heterocycles. The van der Waals surface area contributed by atoms with E-state index in [4.69, 9.17) is 0 Å².